The van der Waals surface area contributed by atoms with Crippen molar-refractivity contribution in [2.45, 2.75) is 0 Å². The maximum atomic E-state index is 6.22. The Kier molecular flexibility index (Phi) is 5.71. The van der Waals surface area contributed by atoms with E-state index in [0.29, 0.717) is 0 Å². The van der Waals surface area contributed by atoms with E-state index < -0.39 is 0 Å². The lowest BCUT2D eigenvalue weighted by atomic mass is 9.94. The number of aromatic nitrogens is 4. The second-order valence-electron chi connectivity index (χ2n) is 13.8. The topological polar surface area (TPSA) is 48.3 Å². The van der Waals surface area contributed by atoms with Crippen LogP contribution in [-0.4, -0.2) is 18.9 Å². The second-order valence-corrected chi connectivity index (χ2v) is 13.8. The molecule has 53 heavy (non-hydrogen) atoms. The van der Waals surface area contributed by atoms with Crippen LogP contribution in [0.15, 0.2) is 174 Å². The van der Waals surface area contributed by atoms with Crippen molar-refractivity contribution in [3.8, 4) is 28.2 Å². The number of rotatable bonds is 3. The Balaban J connectivity index is 1.10. The molecule has 4 aromatic heterocycles. The van der Waals surface area contributed by atoms with Crippen LogP contribution in [0.25, 0.3) is 110 Å². The fraction of sp³-hybridized carbons (Fsp3) is 0. The van der Waals surface area contributed by atoms with E-state index in [0.717, 1.165) is 77.6 Å². The van der Waals surface area contributed by atoms with E-state index >= 15 is 0 Å². The number of hydrogen-bond acceptors (Lipinski definition) is 3. The Labute approximate surface area is 302 Å². The molecule has 0 saturated carbocycles. The molecule has 246 valence electrons. The summed E-state index contributed by atoms with van der Waals surface area (Å²) in [7, 11) is 0. The van der Waals surface area contributed by atoms with Crippen LogP contribution in [0.4, 0.5) is 0 Å². The van der Waals surface area contributed by atoms with Crippen LogP contribution < -0.4 is 0 Å². The van der Waals surface area contributed by atoms with Gasteiger partial charge in [-0.1, -0.05) is 115 Å². The summed E-state index contributed by atoms with van der Waals surface area (Å²) in [5.41, 5.74) is 12.5. The number of imidazole rings is 1. The molecule has 0 unspecified atom stereocenters. The largest absolute Gasteiger partial charge is 0.456 e. The summed E-state index contributed by atoms with van der Waals surface area (Å²) in [5, 5.41) is 8.03. The summed E-state index contributed by atoms with van der Waals surface area (Å²) in [6.45, 7) is 0. The van der Waals surface area contributed by atoms with Gasteiger partial charge in [-0.15, -0.1) is 0 Å². The van der Waals surface area contributed by atoms with Crippen LogP contribution in [0.3, 0.4) is 0 Å². The average Bonchev–Trinajstić information content (AvgIpc) is 3.90. The maximum absolute atomic E-state index is 6.22. The normalized spacial score (nSPS) is 12.2. The summed E-state index contributed by atoms with van der Waals surface area (Å²) in [4.78, 5) is 10.6. The van der Waals surface area contributed by atoms with Crippen molar-refractivity contribution in [3.05, 3.63) is 170 Å². The van der Waals surface area contributed by atoms with E-state index in [9.17, 15) is 0 Å². The first-order chi connectivity index (χ1) is 26.3. The molecule has 5 heteroatoms. The van der Waals surface area contributed by atoms with Crippen LogP contribution >= 0.6 is 0 Å². The van der Waals surface area contributed by atoms with Crippen LogP contribution in [0, 0.1) is 0 Å². The van der Waals surface area contributed by atoms with Crippen LogP contribution in [0.1, 0.15) is 0 Å². The van der Waals surface area contributed by atoms with Gasteiger partial charge >= 0.3 is 0 Å². The molecule has 12 rings (SSSR count). The Morgan fingerprint density at radius 3 is 1.87 bits per heavy atom. The molecular weight excluding hydrogens is 649 g/mol. The molecule has 4 heterocycles. The van der Waals surface area contributed by atoms with Crippen LogP contribution in [0.5, 0.6) is 0 Å². The lowest BCUT2D eigenvalue weighted by Crippen LogP contribution is -2.06. The van der Waals surface area contributed by atoms with Crippen LogP contribution in [-0.2, 0) is 0 Å². The highest BCUT2D eigenvalue weighted by Crippen LogP contribution is 2.42. The summed E-state index contributed by atoms with van der Waals surface area (Å²) in [6.07, 6.45) is 0. The zero-order chi connectivity index (χ0) is 34.6. The molecule has 0 aliphatic rings. The quantitative estimate of drug-likeness (QED) is 0.187. The van der Waals surface area contributed by atoms with Crippen LogP contribution in [0.2, 0.25) is 0 Å². The molecule has 0 radical (unpaired) electrons. The molecule has 0 aliphatic carbocycles. The van der Waals surface area contributed by atoms with Gasteiger partial charge in [-0.25, -0.2) is 9.97 Å². The van der Waals surface area contributed by atoms with Gasteiger partial charge in [0.2, 0.25) is 5.95 Å². The Hall–Kier alpha value is -7.24. The minimum Gasteiger partial charge on any atom is -0.456 e. The van der Waals surface area contributed by atoms with Gasteiger partial charge in [-0.2, -0.15) is 0 Å². The van der Waals surface area contributed by atoms with Gasteiger partial charge in [0.1, 0.15) is 16.8 Å². The monoisotopic (exact) mass is 676 g/mol. The highest BCUT2D eigenvalue weighted by molar-refractivity contribution is 6.22. The van der Waals surface area contributed by atoms with E-state index in [2.05, 4.69) is 155 Å². The SMILES string of the molecule is c1ccc2c(c1)nc(-n1c3ccccc3c3cc(-c4ccc(-c5ccc6c(c5)oc5ccccc56)cc4)c4ccccc4c31)n1c3ccccc3nc21. The summed E-state index contributed by atoms with van der Waals surface area (Å²) in [5.74, 6) is 0.822. The smallest absolute Gasteiger partial charge is 0.221 e. The molecule has 0 saturated heterocycles. The van der Waals surface area contributed by atoms with Gasteiger partial charge in [0.25, 0.3) is 0 Å². The lowest BCUT2D eigenvalue weighted by molar-refractivity contribution is 0.669. The minimum absolute atomic E-state index is 0.822. The highest BCUT2D eigenvalue weighted by Gasteiger charge is 2.22. The average molecular weight is 677 g/mol. The lowest BCUT2D eigenvalue weighted by Gasteiger charge is -2.15. The third-order valence-corrected chi connectivity index (χ3v) is 10.9. The summed E-state index contributed by atoms with van der Waals surface area (Å²) in [6, 6.07) is 60.2. The van der Waals surface area contributed by atoms with Crippen molar-refractivity contribution in [2.75, 3.05) is 0 Å². The zero-order valence-corrected chi connectivity index (χ0v) is 28.4. The number of benzene rings is 8. The maximum Gasteiger partial charge on any atom is 0.221 e. The zero-order valence-electron chi connectivity index (χ0n) is 28.4. The molecule has 0 fully saturated rings. The fourth-order valence-corrected chi connectivity index (χ4v) is 8.49. The van der Waals surface area contributed by atoms with Crippen molar-refractivity contribution in [2.24, 2.45) is 0 Å². The van der Waals surface area contributed by atoms with Crippen molar-refractivity contribution in [3.63, 3.8) is 0 Å². The summed E-state index contributed by atoms with van der Waals surface area (Å²) >= 11 is 0. The first kappa shape index (κ1) is 28.5. The van der Waals surface area contributed by atoms with Gasteiger partial charge in [0.05, 0.1) is 27.6 Å². The first-order valence-corrected chi connectivity index (χ1v) is 17.9. The Bertz CT molecular complexity index is 3460. The van der Waals surface area contributed by atoms with E-state index in [1.54, 1.807) is 0 Å². The predicted molar refractivity (Wildman–Crippen MR) is 218 cm³/mol. The van der Waals surface area contributed by atoms with E-state index in [1.807, 2.05) is 24.3 Å². The predicted octanol–water partition coefficient (Wildman–Crippen LogP) is 12.5. The molecule has 12 aromatic rings. The molecular formula is C48H28N4O. The fourth-order valence-electron chi connectivity index (χ4n) is 8.49. The third-order valence-electron chi connectivity index (χ3n) is 10.9. The standard InChI is InChI=1S/C48H28N4O/c1-2-14-36-32(11-1)38(30-23-21-29(22-24-30)31-25-26-35-34-13-5-10-20-44(34)53-45(35)27-31)28-39-33-12-4-8-18-42(33)51(46(36)39)48-50-40-16-6-3-15-37(40)47-49-41-17-7-9-19-43(41)52(47)48/h1-28H. The Morgan fingerprint density at radius 2 is 1.02 bits per heavy atom. The number of furan rings is 1. The minimum atomic E-state index is 0.822. The van der Waals surface area contributed by atoms with E-state index in [1.165, 1.54) is 32.7 Å². The molecule has 0 spiro atoms. The van der Waals surface area contributed by atoms with Crippen molar-refractivity contribution >= 4 is 82.1 Å². The van der Waals surface area contributed by atoms with Gasteiger partial charge in [0.15, 0.2) is 0 Å². The Morgan fingerprint density at radius 1 is 0.396 bits per heavy atom. The van der Waals surface area contributed by atoms with E-state index in [-0.39, 0.29) is 0 Å². The number of fused-ring (bicyclic) bond motifs is 13. The number of hydrogen-bond donors (Lipinski definition) is 0. The van der Waals surface area contributed by atoms with Gasteiger partial charge < -0.3 is 4.42 Å². The molecule has 0 amide bonds. The van der Waals surface area contributed by atoms with Gasteiger partial charge in [-0.3, -0.25) is 8.97 Å². The van der Waals surface area contributed by atoms with Crippen molar-refractivity contribution < 1.29 is 4.42 Å². The van der Waals surface area contributed by atoms with Crippen molar-refractivity contribution in [1.29, 1.82) is 0 Å². The third kappa shape index (κ3) is 4.02. The van der Waals surface area contributed by atoms with Gasteiger partial charge in [-0.05, 0) is 82.2 Å². The number of para-hydroxylation sites is 5. The number of nitrogens with zero attached hydrogens (tertiary/aromatic N) is 4. The molecule has 0 atom stereocenters. The molecule has 8 aromatic carbocycles. The second kappa shape index (κ2) is 10.6. The molecule has 0 bridgehead atoms. The van der Waals surface area contributed by atoms with Crippen molar-refractivity contribution in [1.82, 2.24) is 18.9 Å². The van der Waals surface area contributed by atoms with Gasteiger partial charge in [0, 0.05) is 32.3 Å². The molecule has 0 N–H and O–H groups in total. The molecule has 0 aliphatic heterocycles. The highest BCUT2D eigenvalue weighted by atomic mass is 16.3. The molecule has 5 nitrogen and oxygen atoms in total. The van der Waals surface area contributed by atoms with E-state index in [4.69, 9.17) is 14.4 Å². The first-order valence-electron chi connectivity index (χ1n) is 17.9. The summed E-state index contributed by atoms with van der Waals surface area (Å²) < 4.78 is 10.8.